The van der Waals surface area contributed by atoms with Crippen LogP contribution in [0.25, 0.3) is 0 Å². The Hall–Kier alpha value is -2.90. The summed E-state index contributed by atoms with van der Waals surface area (Å²) in [5.74, 6) is -1.21. The molecule has 1 N–H and O–H groups in total. The third-order valence-electron chi connectivity index (χ3n) is 3.01. The number of aromatic nitrogens is 3. The molecule has 0 aliphatic rings. The molecular weight excluding hydrogens is 278 g/mol. The van der Waals surface area contributed by atoms with Crippen molar-refractivity contribution in [3.63, 3.8) is 0 Å². The molecule has 0 unspecified atom stereocenters. The smallest absolute Gasteiger partial charge is 0.347 e. The minimum Gasteiger partial charge on any atom is -0.478 e. The second-order valence-corrected chi connectivity index (χ2v) is 4.41. The zero-order chi connectivity index (χ0) is 15.7. The van der Waals surface area contributed by atoms with Crippen LogP contribution in [0.5, 0.6) is 11.6 Å². The summed E-state index contributed by atoms with van der Waals surface area (Å²) in [5, 5.41) is 12.8. The van der Waals surface area contributed by atoms with Crippen molar-refractivity contribution >= 4 is 5.97 Å². The van der Waals surface area contributed by atoms with Gasteiger partial charge in [-0.15, -0.1) is 5.10 Å². The van der Waals surface area contributed by atoms with E-state index in [1.807, 2.05) is 0 Å². The van der Waals surface area contributed by atoms with Gasteiger partial charge in [0.25, 0.3) is 0 Å². The van der Waals surface area contributed by atoms with E-state index < -0.39 is 17.2 Å². The van der Waals surface area contributed by atoms with Crippen LogP contribution in [0.3, 0.4) is 0 Å². The molecule has 8 heteroatoms. The number of hydrogen-bond acceptors (Lipinski definition) is 5. The third-order valence-corrected chi connectivity index (χ3v) is 3.01. The van der Waals surface area contributed by atoms with Crippen molar-refractivity contribution in [3.05, 3.63) is 50.2 Å². The van der Waals surface area contributed by atoms with Crippen molar-refractivity contribution in [2.24, 2.45) is 14.1 Å². The Kier molecular flexibility index (Phi) is 3.62. The Bertz CT molecular complexity index is 835. The fourth-order valence-corrected chi connectivity index (χ4v) is 1.79. The normalized spacial score (nSPS) is 10.4. The van der Waals surface area contributed by atoms with Crippen molar-refractivity contribution < 1.29 is 14.6 Å². The number of carboxylic acid groups (broad SMARTS) is 1. The van der Waals surface area contributed by atoms with Crippen LogP contribution in [-0.4, -0.2) is 25.4 Å². The number of aryl methyl sites for hydroxylation is 1. The maximum Gasteiger partial charge on any atom is 0.347 e. The van der Waals surface area contributed by atoms with E-state index in [4.69, 9.17) is 9.84 Å². The summed E-state index contributed by atoms with van der Waals surface area (Å²) >= 11 is 0. The van der Waals surface area contributed by atoms with Crippen molar-refractivity contribution in [1.29, 1.82) is 0 Å². The number of benzene rings is 1. The maximum atomic E-state index is 11.9. The van der Waals surface area contributed by atoms with Crippen molar-refractivity contribution in [2.75, 3.05) is 0 Å². The molecule has 0 aliphatic carbocycles. The van der Waals surface area contributed by atoms with E-state index in [9.17, 15) is 14.4 Å². The molecule has 0 saturated heterocycles. The second-order valence-electron chi connectivity index (χ2n) is 4.41. The molecule has 0 fully saturated rings. The molecule has 110 valence electrons. The number of carbonyl (C=O) groups is 1. The van der Waals surface area contributed by atoms with E-state index in [-0.39, 0.29) is 17.2 Å². The Balaban J connectivity index is 2.54. The van der Waals surface area contributed by atoms with Gasteiger partial charge < -0.3 is 9.84 Å². The SMILES string of the molecule is Cc1c(Oc2nn(C)c(=O)n(C)c2=O)cccc1C(=O)O. The number of carboxylic acids is 1. The van der Waals surface area contributed by atoms with Crippen LogP contribution in [0.15, 0.2) is 27.8 Å². The molecule has 8 nitrogen and oxygen atoms in total. The van der Waals surface area contributed by atoms with E-state index in [1.165, 1.54) is 32.3 Å². The highest BCUT2D eigenvalue weighted by molar-refractivity contribution is 5.90. The van der Waals surface area contributed by atoms with Crippen molar-refractivity contribution in [1.82, 2.24) is 14.3 Å². The zero-order valence-corrected chi connectivity index (χ0v) is 11.7. The molecule has 21 heavy (non-hydrogen) atoms. The molecule has 0 spiro atoms. The lowest BCUT2D eigenvalue weighted by molar-refractivity contribution is 0.0695. The van der Waals surface area contributed by atoms with Gasteiger partial charge in [-0.2, -0.15) is 0 Å². The average Bonchev–Trinajstić information content (AvgIpc) is 2.44. The first kappa shape index (κ1) is 14.5. The van der Waals surface area contributed by atoms with E-state index in [1.54, 1.807) is 6.92 Å². The number of nitrogens with zero attached hydrogens (tertiary/aromatic N) is 3. The predicted octanol–water partition coefficient (Wildman–Crippen LogP) is 0.278. The van der Waals surface area contributed by atoms with Gasteiger partial charge in [0, 0.05) is 19.7 Å². The van der Waals surface area contributed by atoms with Gasteiger partial charge in [-0.1, -0.05) is 6.07 Å². The highest BCUT2D eigenvalue weighted by Gasteiger charge is 2.15. The highest BCUT2D eigenvalue weighted by Crippen LogP contribution is 2.24. The van der Waals surface area contributed by atoms with Crippen molar-refractivity contribution in [2.45, 2.75) is 6.92 Å². The zero-order valence-electron chi connectivity index (χ0n) is 11.7. The Morgan fingerprint density at radius 1 is 1.29 bits per heavy atom. The molecule has 1 aromatic carbocycles. The number of aromatic carboxylic acids is 1. The van der Waals surface area contributed by atoms with E-state index in [0.29, 0.717) is 5.56 Å². The second kappa shape index (κ2) is 5.23. The Labute approximate surface area is 118 Å². The summed E-state index contributed by atoms with van der Waals surface area (Å²) in [5.41, 5.74) is -0.849. The fourth-order valence-electron chi connectivity index (χ4n) is 1.79. The lowest BCUT2D eigenvalue weighted by Gasteiger charge is -2.10. The minimum absolute atomic E-state index is 0.0640. The maximum absolute atomic E-state index is 11.9. The summed E-state index contributed by atoms with van der Waals surface area (Å²) < 4.78 is 7.21. The molecule has 2 aromatic rings. The van der Waals surface area contributed by atoms with Gasteiger partial charge in [0.15, 0.2) is 0 Å². The molecule has 0 aliphatic heterocycles. The average molecular weight is 291 g/mol. The summed E-state index contributed by atoms with van der Waals surface area (Å²) in [4.78, 5) is 34.5. The van der Waals surface area contributed by atoms with Crippen LogP contribution < -0.4 is 16.0 Å². The number of ether oxygens (including phenoxy) is 1. The molecule has 0 amide bonds. The van der Waals surface area contributed by atoms with Gasteiger partial charge >= 0.3 is 23.1 Å². The number of hydrogen-bond donors (Lipinski definition) is 1. The summed E-state index contributed by atoms with van der Waals surface area (Å²) in [6, 6.07) is 4.45. The van der Waals surface area contributed by atoms with E-state index in [0.717, 1.165) is 9.25 Å². The highest BCUT2D eigenvalue weighted by atomic mass is 16.5. The topological polar surface area (TPSA) is 103 Å². The fraction of sp³-hybridized carbons (Fsp3) is 0.231. The summed E-state index contributed by atoms with van der Waals surface area (Å²) in [6.45, 7) is 1.56. The molecular formula is C13H13N3O5. The van der Waals surface area contributed by atoms with Crippen LogP contribution in [0.4, 0.5) is 0 Å². The molecule has 2 rings (SSSR count). The largest absolute Gasteiger partial charge is 0.478 e. The van der Waals surface area contributed by atoms with Gasteiger partial charge in [0.2, 0.25) is 0 Å². The predicted molar refractivity (Wildman–Crippen MR) is 72.9 cm³/mol. The molecule has 1 aromatic heterocycles. The third kappa shape index (κ3) is 2.55. The van der Waals surface area contributed by atoms with Gasteiger partial charge in [-0.05, 0) is 19.1 Å². The van der Waals surface area contributed by atoms with Gasteiger partial charge in [-0.3, -0.25) is 9.36 Å². The van der Waals surface area contributed by atoms with Crippen LogP contribution in [0.1, 0.15) is 15.9 Å². The Morgan fingerprint density at radius 2 is 1.95 bits per heavy atom. The lowest BCUT2D eigenvalue weighted by Crippen LogP contribution is -2.38. The molecule has 0 radical (unpaired) electrons. The first-order valence-electron chi connectivity index (χ1n) is 5.98. The summed E-state index contributed by atoms with van der Waals surface area (Å²) in [6.07, 6.45) is 0. The molecule has 0 saturated carbocycles. The van der Waals surface area contributed by atoms with Crippen molar-refractivity contribution in [3.8, 4) is 11.6 Å². The van der Waals surface area contributed by atoms with Crippen LogP contribution in [0.2, 0.25) is 0 Å². The molecule has 1 heterocycles. The van der Waals surface area contributed by atoms with E-state index >= 15 is 0 Å². The Morgan fingerprint density at radius 3 is 2.57 bits per heavy atom. The first-order valence-corrected chi connectivity index (χ1v) is 5.98. The summed E-state index contributed by atoms with van der Waals surface area (Å²) in [7, 11) is 2.69. The van der Waals surface area contributed by atoms with Gasteiger partial charge in [-0.25, -0.2) is 14.3 Å². The monoisotopic (exact) mass is 291 g/mol. The van der Waals surface area contributed by atoms with Gasteiger partial charge in [0.1, 0.15) is 5.75 Å². The minimum atomic E-state index is -1.10. The standard InChI is InChI=1S/C13H13N3O5/c1-7-8(12(18)19)5-4-6-9(7)21-10-11(17)15(2)13(20)16(3)14-10/h4-6H,1-3H3,(H,18,19). The van der Waals surface area contributed by atoms with E-state index in [2.05, 4.69) is 5.10 Å². The number of rotatable bonds is 3. The van der Waals surface area contributed by atoms with Crippen LogP contribution in [-0.2, 0) is 14.1 Å². The van der Waals surface area contributed by atoms with Crippen LogP contribution >= 0.6 is 0 Å². The van der Waals surface area contributed by atoms with Gasteiger partial charge in [0.05, 0.1) is 5.56 Å². The molecule has 0 atom stereocenters. The van der Waals surface area contributed by atoms with Crippen LogP contribution in [0, 0.1) is 6.92 Å². The lowest BCUT2D eigenvalue weighted by atomic mass is 10.1. The quantitative estimate of drug-likeness (QED) is 0.871. The molecule has 0 bridgehead atoms. The first-order chi connectivity index (χ1) is 9.82.